The van der Waals surface area contributed by atoms with Gasteiger partial charge >= 0.3 is 0 Å². The van der Waals surface area contributed by atoms with Gasteiger partial charge in [-0.15, -0.1) is 0 Å². The molecule has 3 heteroatoms. The average Bonchev–Trinajstić information content (AvgIpc) is 3.09. The van der Waals surface area contributed by atoms with E-state index in [4.69, 9.17) is 5.26 Å². The Kier molecular flexibility index (Phi) is 1.54. The quantitative estimate of drug-likeness (QED) is 0.700. The van der Waals surface area contributed by atoms with Crippen LogP contribution in [0.4, 0.5) is 0 Å². The molecule has 0 spiro atoms. The zero-order valence-electron chi connectivity index (χ0n) is 8.14. The Hall–Kier alpha value is -1.95. The first-order chi connectivity index (χ1) is 7.34. The van der Waals surface area contributed by atoms with Gasteiger partial charge in [-0.2, -0.15) is 5.26 Å². The third-order valence-electron chi connectivity index (χ3n) is 3.00. The van der Waals surface area contributed by atoms with Gasteiger partial charge in [-0.25, -0.2) is 0 Å². The van der Waals surface area contributed by atoms with E-state index < -0.39 is 0 Å². The van der Waals surface area contributed by atoms with Gasteiger partial charge in [0.05, 0.1) is 23.2 Å². The summed E-state index contributed by atoms with van der Waals surface area (Å²) >= 11 is 0. The molecule has 1 aliphatic carbocycles. The maximum absolute atomic E-state index is 9.09. The first-order valence-electron chi connectivity index (χ1n) is 4.96. The van der Waals surface area contributed by atoms with Gasteiger partial charge in [0.15, 0.2) is 0 Å². The molecular formula is C12H9N3. The van der Waals surface area contributed by atoms with Gasteiger partial charge in [-0.1, -0.05) is 0 Å². The van der Waals surface area contributed by atoms with Gasteiger partial charge in [0, 0.05) is 17.8 Å². The van der Waals surface area contributed by atoms with Gasteiger partial charge in [-0.05, 0) is 30.5 Å². The number of hydrogen-bond acceptors (Lipinski definition) is 3. The van der Waals surface area contributed by atoms with Crippen LogP contribution in [-0.2, 0) is 5.41 Å². The Labute approximate surface area is 87.4 Å². The van der Waals surface area contributed by atoms with E-state index in [9.17, 15) is 0 Å². The molecule has 0 aliphatic heterocycles. The number of pyridine rings is 2. The Morgan fingerprint density at radius 1 is 1.33 bits per heavy atom. The summed E-state index contributed by atoms with van der Waals surface area (Å²) in [6.07, 6.45) is 7.22. The smallest absolute Gasteiger partial charge is 0.0885 e. The zero-order chi connectivity index (χ0) is 10.3. The molecule has 2 aromatic rings. The molecule has 0 radical (unpaired) electrons. The second kappa shape index (κ2) is 2.77. The van der Waals surface area contributed by atoms with Crippen molar-refractivity contribution in [3.8, 4) is 6.07 Å². The molecule has 0 unspecified atom stereocenters. The fourth-order valence-corrected chi connectivity index (χ4v) is 1.82. The lowest BCUT2D eigenvalue weighted by atomic mass is 9.98. The number of aromatic nitrogens is 2. The second-order valence-electron chi connectivity index (χ2n) is 3.99. The SMILES string of the molecule is N#CC1(c2cnc3cnccc3c2)CC1. The first kappa shape index (κ1) is 8.37. The van der Waals surface area contributed by atoms with Crippen molar-refractivity contribution in [2.45, 2.75) is 18.3 Å². The average molecular weight is 195 g/mol. The maximum atomic E-state index is 9.09. The van der Waals surface area contributed by atoms with Crippen molar-refractivity contribution >= 4 is 10.9 Å². The molecule has 2 aromatic heterocycles. The van der Waals surface area contributed by atoms with E-state index in [-0.39, 0.29) is 5.41 Å². The molecular weight excluding hydrogens is 186 g/mol. The van der Waals surface area contributed by atoms with Gasteiger partial charge in [0.1, 0.15) is 0 Å². The summed E-state index contributed by atoms with van der Waals surface area (Å²) in [5.41, 5.74) is 1.68. The number of fused-ring (bicyclic) bond motifs is 1. The maximum Gasteiger partial charge on any atom is 0.0885 e. The summed E-state index contributed by atoms with van der Waals surface area (Å²) in [5.74, 6) is 0. The standard InChI is InChI=1S/C12H9N3/c13-8-12(2-3-12)10-5-9-1-4-14-7-11(9)15-6-10/h1,4-7H,2-3H2. The normalized spacial score (nSPS) is 17.3. The van der Waals surface area contributed by atoms with Crippen molar-refractivity contribution in [2.75, 3.05) is 0 Å². The highest BCUT2D eigenvalue weighted by atomic mass is 14.7. The largest absolute Gasteiger partial charge is 0.262 e. The molecule has 3 rings (SSSR count). The van der Waals surface area contributed by atoms with Crippen molar-refractivity contribution in [3.63, 3.8) is 0 Å². The molecule has 0 bridgehead atoms. The number of nitrogens with zero attached hydrogens (tertiary/aromatic N) is 3. The summed E-state index contributed by atoms with van der Waals surface area (Å²) in [6.45, 7) is 0. The van der Waals surface area contributed by atoms with Crippen LogP contribution in [-0.4, -0.2) is 9.97 Å². The first-order valence-corrected chi connectivity index (χ1v) is 4.96. The second-order valence-corrected chi connectivity index (χ2v) is 3.99. The number of rotatable bonds is 1. The van der Waals surface area contributed by atoms with Gasteiger partial charge in [-0.3, -0.25) is 9.97 Å². The summed E-state index contributed by atoms with van der Waals surface area (Å²) in [7, 11) is 0. The molecule has 0 amide bonds. The molecule has 0 aromatic carbocycles. The monoisotopic (exact) mass is 195 g/mol. The third-order valence-corrected chi connectivity index (χ3v) is 3.00. The molecule has 1 fully saturated rings. The molecule has 1 aliphatic rings. The topological polar surface area (TPSA) is 49.6 Å². The van der Waals surface area contributed by atoms with Crippen molar-refractivity contribution in [2.24, 2.45) is 0 Å². The lowest BCUT2D eigenvalue weighted by Gasteiger charge is -2.06. The van der Waals surface area contributed by atoms with E-state index in [1.165, 1.54) is 0 Å². The molecule has 15 heavy (non-hydrogen) atoms. The van der Waals surface area contributed by atoms with Crippen molar-refractivity contribution in [3.05, 3.63) is 36.3 Å². The Bertz CT molecular complexity index is 564. The van der Waals surface area contributed by atoms with E-state index >= 15 is 0 Å². The van der Waals surface area contributed by atoms with E-state index in [0.717, 1.165) is 29.3 Å². The van der Waals surface area contributed by atoms with Crippen molar-refractivity contribution < 1.29 is 0 Å². The predicted octanol–water partition coefficient (Wildman–Crippen LogP) is 2.18. The van der Waals surface area contributed by atoms with Crippen LogP contribution in [0.2, 0.25) is 0 Å². The molecule has 72 valence electrons. The molecule has 2 heterocycles. The third kappa shape index (κ3) is 1.18. The van der Waals surface area contributed by atoms with E-state index in [1.54, 1.807) is 18.6 Å². The summed E-state index contributed by atoms with van der Waals surface area (Å²) in [4.78, 5) is 8.33. The van der Waals surface area contributed by atoms with Crippen LogP contribution in [0.25, 0.3) is 10.9 Å². The van der Waals surface area contributed by atoms with Crippen molar-refractivity contribution in [1.29, 1.82) is 5.26 Å². The van der Waals surface area contributed by atoms with Crippen LogP contribution in [0.1, 0.15) is 18.4 Å². The van der Waals surface area contributed by atoms with Crippen LogP contribution in [0.5, 0.6) is 0 Å². The van der Waals surface area contributed by atoms with Crippen molar-refractivity contribution in [1.82, 2.24) is 9.97 Å². The minimum atomic E-state index is -0.246. The van der Waals surface area contributed by atoms with Crippen LogP contribution in [0.15, 0.2) is 30.7 Å². The molecule has 3 nitrogen and oxygen atoms in total. The fraction of sp³-hybridized carbons (Fsp3) is 0.250. The van der Waals surface area contributed by atoms with Gasteiger partial charge < -0.3 is 0 Å². The van der Waals surface area contributed by atoms with E-state index in [2.05, 4.69) is 22.1 Å². The highest BCUT2D eigenvalue weighted by Gasteiger charge is 2.45. The van der Waals surface area contributed by atoms with Crippen LogP contribution >= 0.6 is 0 Å². The van der Waals surface area contributed by atoms with E-state index in [1.807, 2.05) is 6.07 Å². The van der Waals surface area contributed by atoms with Crippen LogP contribution in [0.3, 0.4) is 0 Å². The minimum Gasteiger partial charge on any atom is -0.262 e. The predicted molar refractivity (Wildman–Crippen MR) is 56.1 cm³/mol. The lowest BCUT2D eigenvalue weighted by Crippen LogP contribution is -2.02. The Morgan fingerprint density at radius 2 is 2.20 bits per heavy atom. The molecule has 0 N–H and O–H groups in total. The Balaban J connectivity index is 2.19. The Morgan fingerprint density at radius 3 is 2.93 bits per heavy atom. The summed E-state index contributed by atoms with van der Waals surface area (Å²) in [5, 5.41) is 10.2. The number of nitriles is 1. The number of hydrogen-bond donors (Lipinski definition) is 0. The lowest BCUT2D eigenvalue weighted by molar-refractivity contribution is 0.902. The zero-order valence-corrected chi connectivity index (χ0v) is 8.14. The van der Waals surface area contributed by atoms with Crippen LogP contribution < -0.4 is 0 Å². The molecule has 1 saturated carbocycles. The molecule has 0 atom stereocenters. The van der Waals surface area contributed by atoms with E-state index in [0.29, 0.717) is 0 Å². The van der Waals surface area contributed by atoms with Gasteiger partial charge in [0.25, 0.3) is 0 Å². The van der Waals surface area contributed by atoms with Crippen LogP contribution in [0, 0.1) is 11.3 Å². The highest BCUT2D eigenvalue weighted by Crippen LogP contribution is 2.47. The minimum absolute atomic E-state index is 0.246. The molecule has 0 saturated heterocycles. The summed E-state index contributed by atoms with van der Waals surface area (Å²) in [6, 6.07) is 6.36. The summed E-state index contributed by atoms with van der Waals surface area (Å²) < 4.78 is 0. The van der Waals surface area contributed by atoms with Gasteiger partial charge in [0.2, 0.25) is 0 Å². The highest BCUT2D eigenvalue weighted by molar-refractivity contribution is 5.78. The fourth-order valence-electron chi connectivity index (χ4n) is 1.82.